The van der Waals surface area contributed by atoms with E-state index in [0.717, 1.165) is 5.39 Å². The van der Waals surface area contributed by atoms with Crippen molar-refractivity contribution in [3.63, 3.8) is 0 Å². The van der Waals surface area contributed by atoms with E-state index in [1.807, 2.05) is 0 Å². The Kier molecular flexibility index (Phi) is 4.58. The van der Waals surface area contributed by atoms with Gasteiger partial charge in [0.05, 0.1) is 29.0 Å². The lowest BCUT2D eigenvalue weighted by atomic mass is 10.1. The molecule has 3 aromatic heterocycles. The van der Waals surface area contributed by atoms with Gasteiger partial charge in [0, 0.05) is 29.5 Å². The minimum absolute atomic E-state index is 0.251. The fraction of sp³-hybridized carbons (Fsp3) is 0.200. The normalized spacial score (nSPS) is 11.7. The lowest BCUT2D eigenvalue weighted by molar-refractivity contribution is -0.138. The number of amides is 1. The highest BCUT2D eigenvalue weighted by Gasteiger charge is 2.27. The average molecular weight is 370 g/mol. The van der Waals surface area contributed by atoms with Crippen LogP contribution in [0.5, 0.6) is 0 Å². The maximum absolute atomic E-state index is 12.1. The number of alkyl halides is 3. The summed E-state index contributed by atoms with van der Waals surface area (Å²) in [4.78, 5) is 27.0. The molecule has 10 heteroatoms. The summed E-state index contributed by atoms with van der Waals surface area (Å²) in [6, 6.07) is 1.71. The molecule has 3 rings (SSSR count). The molecule has 0 saturated heterocycles. The molecule has 0 unspecified atom stereocenters. The smallest absolute Gasteiger partial charge is 0.347 e. The van der Waals surface area contributed by atoms with E-state index in [-0.39, 0.29) is 12.1 Å². The van der Waals surface area contributed by atoms with Crippen molar-refractivity contribution < 1.29 is 18.0 Å². The first-order valence-corrected chi connectivity index (χ1v) is 7.47. The van der Waals surface area contributed by atoms with E-state index >= 15 is 0 Å². The van der Waals surface area contributed by atoms with Gasteiger partial charge >= 0.3 is 6.18 Å². The summed E-state index contributed by atoms with van der Waals surface area (Å²) >= 11 is 5.95. The van der Waals surface area contributed by atoms with E-state index in [2.05, 4.69) is 19.9 Å². The Labute approximate surface area is 144 Å². The summed E-state index contributed by atoms with van der Waals surface area (Å²) in [5, 5.41) is 2.97. The van der Waals surface area contributed by atoms with Crippen molar-refractivity contribution >= 4 is 28.5 Å². The van der Waals surface area contributed by atoms with Gasteiger partial charge in [-0.1, -0.05) is 11.6 Å². The third-order valence-corrected chi connectivity index (χ3v) is 3.49. The van der Waals surface area contributed by atoms with Gasteiger partial charge in [0.2, 0.25) is 5.91 Å². The Morgan fingerprint density at radius 1 is 1.28 bits per heavy atom. The zero-order valence-corrected chi connectivity index (χ0v) is 13.3. The van der Waals surface area contributed by atoms with Crippen LogP contribution in [-0.2, 0) is 11.2 Å². The van der Waals surface area contributed by atoms with E-state index in [9.17, 15) is 18.0 Å². The van der Waals surface area contributed by atoms with Crippen molar-refractivity contribution in [2.45, 2.75) is 12.6 Å². The first kappa shape index (κ1) is 17.2. The van der Waals surface area contributed by atoms with E-state index in [1.54, 1.807) is 17.6 Å². The highest BCUT2D eigenvalue weighted by atomic mass is 35.5. The number of hydrogen-bond donors (Lipinski definition) is 2. The molecular weight excluding hydrogens is 359 g/mol. The fourth-order valence-corrected chi connectivity index (χ4v) is 2.39. The SMILES string of the molecule is O=C(Cc1cncc(-c2c[nH]c3ncc(Cl)cc23)n1)NCC(F)(F)F. The lowest BCUT2D eigenvalue weighted by Gasteiger charge is -2.08. The number of carbonyl (C=O) groups excluding carboxylic acids is 1. The minimum atomic E-state index is -4.46. The molecule has 3 heterocycles. The Balaban J connectivity index is 1.81. The molecule has 0 saturated carbocycles. The van der Waals surface area contributed by atoms with Gasteiger partial charge in [0.1, 0.15) is 12.2 Å². The summed E-state index contributed by atoms with van der Waals surface area (Å²) in [5.41, 5.74) is 1.99. The topological polar surface area (TPSA) is 83.6 Å². The number of halogens is 4. The number of rotatable bonds is 4. The number of H-pyrrole nitrogens is 1. The molecule has 0 spiro atoms. The highest BCUT2D eigenvalue weighted by molar-refractivity contribution is 6.31. The predicted molar refractivity (Wildman–Crippen MR) is 84.9 cm³/mol. The number of nitrogens with zero attached hydrogens (tertiary/aromatic N) is 3. The number of hydrogen-bond acceptors (Lipinski definition) is 4. The van der Waals surface area contributed by atoms with Gasteiger partial charge in [-0.3, -0.25) is 9.78 Å². The first-order valence-electron chi connectivity index (χ1n) is 7.09. The molecule has 0 aromatic carbocycles. The first-order chi connectivity index (χ1) is 11.8. The standard InChI is InChI=1S/C15H11ClF3N5O/c16-8-1-10-11(5-22-14(10)21-3-8)12-6-20-4-9(24-12)2-13(25)23-7-15(17,18)19/h1,3-6H,2,7H2,(H,21,22)(H,23,25). The van der Waals surface area contributed by atoms with Crippen LogP contribution in [-0.4, -0.2) is 38.6 Å². The van der Waals surface area contributed by atoms with Crippen LogP contribution in [0.3, 0.4) is 0 Å². The van der Waals surface area contributed by atoms with Crippen LogP contribution in [0, 0.1) is 0 Å². The molecule has 6 nitrogen and oxygen atoms in total. The summed E-state index contributed by atoms with van der Waals surface area (Å²) in [7, 11) is 0. The van der Waals surface area contributed by atoms with Crippen LogP contribution in [0.15, 0.2) is 30.9 Å². The number of pyridine rings is 1. The number of nitrogens with one attached hydrogen (secondary N) is 2. The van der Waals surface area contributed by atoms with E-state index in [0.29, 0.717) is 21.9 Å². The van der Waals surface area contributed by atoms with Gasteiger partial charge in [0.25, 0.3) is 0 Å². The van der Waals surface area contributed by atoms with Crippen LogP contribution in [0.4, 0.5) is 13.2 Å². The van der Waals surface area contributed by atoms with Crippen LogP contribution in [0.25, 0.3) is 22.3 Å². The average Bonchev–Trinajstić information content (AvgIpc) is 2.95. The number of aromatic nitrogens is 4. The molecular formula is C15H11ClF3N5O. The largest absolute Gasteiger partial charge is 0.405 e. The number of aromatic amines is 1. The Morgan fingerprint density at radius 2 is 2.08 bits per heavy atom. The van der Waals surface area contributed by atoms with Crippen molar-refractivity contribution in [3.8, 4) is 11.3 Å². The van der Waals surface area contributed by atoms with E-state index < -0.39 is 18.6 Å². The zero-order chi connectivity index (χ0) is 18.0. The quantitative estimate of drug-likeness (QED) is 0.740. The van der Waals surface area contributed by atoms with Gasteiger partial charge in [-0.25, -0.2) is 9.97 Å². The van der Waals surface area contributed by atoms with Crippen LogP contribution in [0.1, 0.15) is 5.69 Å². The molecule has 0 atom stereocenters. The third-order valence-electron chi connectivity index (χ3n) is 3.29. The van der Waals surface area contributed by atoms with Gasteiger partial charge in [-0.15, -0.1) is 0 Å². The van der Waals surface area contributed by atoms with Crippen LogP contribution >= 0.6 is 11.6 Å². The monoisotopic (exact) mass is 369 g/mol. The molecule has 0 aliphatic heterocycles. The van der Waals surface area contributed by atoms with Crippen molar-refractivity contribution in [2.75, 3.05) is 6.54 Å². The van der Waals surface area contributed by atoms with Crippen LogP contribution in [0.2, 0.25) is 5.02 Å². The molecule has 0 aliphatic rings. The summed E-state index contributed by atoms with van der Waals surface area (Å²) in [6.45, 7) is -1.38. The Bertz CT molecular complexity index is 925. The van der Waals surface area contributed by atoms with E-state index in [1.165, 1.54) is 18.6 Å². The predicted octanol–water partition coefficient (Wildman–Crippen LogP) is 2.89. The van der Waals surface area contributed by atoms with Gasteiger partial charge in [-0.05, 0) is 6.07 Å². The second-order valence-corrected chi connectivity index (χ2v) is 5.65. The molecule has 1 amide bonds. The Morgan fingerprint density at radius 3 is 2.84 bits per heavy atom. The molecule has 0 radical (unpaired) electrons. The van der Waals surface area contributed by atoms with Gasteiger partial charge in [-0.2, -0.15) is 13.2 Å². The highest BCUT2D eigenvalue weighted by Crippen LogP contribution is 2.27. The molecule has 0 bridgehead atoms. The van der Waals surface area contributed by atoms with Gasteiger partial charge in [0.15, 0.2) is 0 Å². The summed E-state index contributed by atoms with van der Waals surface area (Å²) in [5.74, 6) is -0.785. The molecule has 0 aliphatic carbocycles. The maximum atomic E-state index is 12.1. The van der Waals surface area contributed by atoms with Crippen molar-refractivity contribution in [2.24, 2.45) is 0 Å². The van der Waals surface area contributed by atoms with Crippen molar-refractivity contribution in [3.05, 3.63) is 41.6 Å². The summed E-state index contributed by atoms with van der Waals surface area (Å²) < 4.78 is 36.4. The summed E-state index contributed by atoms with van der Waals surface area (Å²) in [6.07, 6.45) is 1.22. The van der Waals surface area contributed by atoms with Crippen molar-refractivity contribution in [1.82, 2.24) is 25.3 Å². The molecule has 0 fully saturated rings. The minimum Gasteiger partial charge on any atom is -0.347 e. The Hall–Kier alpha value is -2.68. The molecule has 2 N–H and O–H groups in total. The van der Waals surface area contributed by atoms with Gasteiger partial charge < -0.3 is 10.3 Å². The third kappa shape index (κ3) is 4.24. The molecule has 3 aromatic rings. The number of fused-ring (bicyclic) bond motifs is 1. The molecule has 130 valence electrons. The molecule has 25 heavy (non-hydrogen) atoms. The fourth-order valence-electron chi connectivity index (χ4n) is 2.24. The lowest BCUT2D eigenvalue weighted by Crippen LogP contribution is -2.34. The van der Waals surface area contributed by atoms with Crippen molar-refractivity contribution in [1.29, 1.82) is 0 Å². The zero-order valence-electron chi connectivity index (χ0n) is 12.6. The second kappa shape index (κ2) is 6.67. The van der Waals surface area contributed by atoms with E-state index in [4.69, 9.17) is 11.6 Å². The van der Waals surface area contributed by atoms with Crippen LogP contribution < -0.4 is 5.32 Å². The number of carbonyl (C=O) groups is 1. The second-order valence-electron chi connectivity index (χ2n) is 5.22. The maximum Gasteiger partial charge on any atom is 0.405 e.